The van der Waals surface area contributed by atoms with Crippen LogP contribution in [0, 0.1) is 6.92 Å². The Balaban J connectivity index is 1.88. The van der Waals surface area contributed by atoms with Crippen molar-refractivity contribution in [3.8, 4) is 5.75 Å². The zero-order chi connectivity index (χ0) is 13.7. The standard InChI is InChI=1S/C14H13BrN2O2/c1-10-3-2-8-16-14(10)17-13(18)9-19-12-6-4-11(15)5-7-12/h2-8H,9H2,1H3,(H,16,17,18). The first-order valence-electron chi connectivity index (χ1n) is 5.75. The highest BCUT2D eigenvalue weighted by atomic mass is 79.9. The number of nitrogens with zero attached hydrogens (tertiary/aromatic N) is 1. The summed E-state index contributed by atoms with van der Waals surface area (Å²) in [5.41, 5.74) is 0.916. The lowest BCUT2D eigenvalue weighted by molar-refractivity contribution is -0.118. The fourth-order valence-corrected chi connectivity index (χ4v) is 1.73. The number of pyridine rings is 1. The van der Waals surface area contributed by atoms with E-state index in [0.717, 1.165) is 10.0 Å². The minimum atomic E-state index is -0.232. The van der Waals surface area contributed by atoms with Crippen molar-refractivity contribution >= 4 is 27.7 Å². The van der Waals surface area contributed by atoms with E-state index < -0.39 is 0 Å². The van der Waals surface area contributed by atoms with Crippen molar-refractivity contribution in [2.24, 2.45) is 0 Å². The molecule has 5 heteroatoms. The molecule has 0 radical (unpaired) electrons. The van der Waals surface area contributed by atoms with Crippen molar-refractivity contribution in [2.75, 3.05) is 11.9 Å². The molecule has 0 aliphatic carbocycles. The highest BCUT2D eigenvalue weighted by molar-refractivity contribution is 9.10. The lowest BCUT2D eigenvalue weighted by Crippen LogP contribution is -2.21. The zero-order valence-corrected chi connectivity index (χ0v) is 12.0. The molecular formula is C14H13BrN2O2. The molecule has 0 atom stereocenters. The second kappa shape index (κ2) is 6.33. The van der Waals surface area contributed by atoms with Crippen molar-refractivity contribution < 1.29 is 9.53 Å². The number of amides is 1. The quantitative estimate of drug-likeness (QED) is 0.941. The van der Waals surface area contributed by atoms with Crippen LogP contribution in [0.3, 0.4) is 0 Å². The summed E-state index contributed by atoms with van der Waals surface area (Å²) in [5, 5.41) is 2.71. The Morgan fingerprint density at radius 2 is 2.05 bits per heavy atom. The number of carbonyl (C=O) groups is 1. The maximum atomic E-state index is 11.7. The SMILES string of the molecule is Cc1cccnc1NC(=O)COc1ccc(Br)cc1. The predicted molar refractivity (Wildman–Crippen MR) is 77.2 cm³/mol. The van der Waals surface area contributed by atoms with Crippen LogP contribution in [0.25, 0.3) is 0 Å². The van der Waals surface area contributed by atoms with E-state index >= 15 is 0 Å². The number of rotatable bonds is 4. The Kier molecular flexibility index (Phi) is 4.52. The Hall–Kier alpha value is -1.88. The van der Waals surface area contributed by atoms with Crippen molar-refractivity contribution in [3.05, 3.63) is 52.6 Å². The van der Waals surface area contributed by atoms with Gasteiger partial charge < -0.3 is 10.1 Å². The van der Waals surface area contributed by atoms with Crippen LogP contribution < -0.4 is 10.1 Å². The maximum Gasteiger partial charge on any atom is 0.263 e. The first-order valence-corrected chi connectivity index (χ1v) is 6.54. The second-order valence-electron chi connectivity index (χ2n) is 3.96. The van der Waals surface area contributed by atoms with Gasteiger partial charge >= 0.3 is 0 Å². The number of anilines is 1. The van der Waals surface area contributed by atoms with E-state index in [9.17, 15) is 4.79 Å². The second-order valence-corrected chi connectivity index (χ2v) is 4.88. The molecule has 1 N–H and O–H groups in total. The lowest BCUT2D eigenvalue weighted by Gasteiger charge is -2.08. The molecule has 0 spiro atoms. The largest absolute Gasteiger partial charge is 0.484 e. The van der Waals surface area contributed by atoms with Gasteiger partial charge in [-0.3, -0.25) is 4.79 Å². The monoisotopic (exact) mass is 320 g/mol. The summed E-state index contributed by atoms with van der Waals surface area (Å²) in [6.45, 7) is 1.84. The van der Waals surface area contributed by atoms with Crippen molar-refractivity contribution in [2.45, 2.75) is 6.92 Å². The van der Waals surface area contributed by atoms with Crippen LogP contribution in [0.5, 0.6) is 5.75 Å². The molecule has 98 valence electrons. The van der Waals surface area contributed by atoms with Gasteiger partial charge in [0.25, 0.3) is 5.91 Å². The van der Waals surface area contributed by atoms with E-state index in [1.807, 2.05) is 31.2 Å². The van der Waals surface area contributed by atoms with Crippen LogP contribution >= 0.6 is 15.9 Å². The molecule has 2 aromatic rings. The molecule has 0 aliphatic rings. The molecule has 0 saturated heterocycles. The van der Waals surface area contributed by atoms with Gasteiger partial charge in [-0.15, -0.1) is 0 Å². The molecule has 4 nitrogen and oxygen atoms in total. The summed E-state index contributed by atoms with van der Waals surface area (Å²) < 4.78 is 6.34. The zero-order valence-electron chi connectivity index (χ0n) is 10.4. The minimum absolute atomic E-state index is 0.0440. The Bertz CT molecular complexity index is 570. The molecule has 0 fully saturated rings. The number of nitrogens with one attached hydrogen (secondary N) is 1. The predicted octanol–water partition coefficient (Wildman–Crippen LogP) is 3.17. The fraction of sp³-hybridized carbons (Fsp3) is 0.143. The lowest BCUT2D eigenvalue weighted by atomic mass is 10.3. The molecule has 2 rings (SSSR count). The molecule has 0 bridgehead atoms. The van der Waals surface area contributed by atoms with Crippen LogP contribution in [-0.4, -0.2) is 17.5 Å². The van der Waals surface area contributed by atoms with E-state index in [1.54, 1.807) is 18.3 Å². The molecule has 1 aromatic carbocycles. The van der Waals surface area contributed by atoms with E-state index in [4.69, 9.17) is 4.74 Å². The summed E-state index contributed by atoms with van der Waals surface area (Å²) in [4.78, 5) is 15.8. The number of carbonyl (C=O) groups excluding carboxylic acids is 1. The average molecular weight is 321 g/mol. The van der Waals surface area contributed by atoms with Crippen LogP contribution in [0.4, 0.5) is 5.82 Å². The van der Waals surface area contributed by atoms with Gasteiger partial charge in [0.1, 0.15) is 11.6 Å². The van der Waals surface area contributed by atoms with Crippen molar-refractivity contribution in [1.29, 1.82) is 0 Å². The van der Waals surface area contributed by atoms with Crippen LogP contribution in [0.15, 0.2) is 47.1 Å². The Labute approximate surface area is 119 Å². The Morgan fingerprint density at radius 1 is 1.32 bits per heavy atom. The number of aromatic nitrogens is 1. The molecule has 1 heterocycles. The number of halogens is 1. The third kappa shape index (κ3) is 4.06. The molecule has 19 heavy (non-hydrogen) atoms. The number of aryl methyl sites for hydroxylation is 1. The summed E-state index contributed by atoms with van der Waals surface area (Å²) in [7, 11) is 0. The van der Waals surface area contributed by atoms with Crippen molar-refractivity contribution in [3.63, 3.8) is 0 Å². The summed E-state index contributed by atoms with van der Waals surface area (Å²) in [6.07, 6.45) is 1.64. The van der Waals surface area contributed by atoms with E-state index in [1.165, 1.54) is 0 Å². The molecular weight excluding hydrogens is 308 g/mol. The van der Waals surface area contributed by atoms with Crippen LogP contribution in [0.2, 0.25) is 0 Å². The third-order valence-corrected chi connectivity index (χ3v) is 2.98. The summed E-state index contributed by atoms with van der Waals surface area (Å²) in [6, 6.07) is 11.0. The highest BCUT2D eigenvalue weighted by Gasteiger charge is 2.06. The summed E-state index contributed by atoms with van der Waals surface area (Å²) in [5.74, 6) is 0.979. The van der Waals surface area contributed by atoms with Crippen LogP contribution in [-0.2, 0) is 4.79 Å². The van der Waals surface area contributed by atoms with Gasteiger partial charge in [0, 0.05) is 10.7 Å². The van der Waals surface area contributed by atoms with Crippen molar-refractivity contribution in [1.82, 2.24) is 4.98 Å². The number of hydrogen-bond donors (Lipinski definition) is 1. The molecule has 0 unspecified atom stereocenters. The molecule has 1 aromatic heterocycles. The summed E-state index contributed by atoms with van der Waals surface area (Å²) >= 11 is 3.33. The smallest absolute Gasteiger partial charge is 0.263 e. The van der Waals surface area contributed by atoms with Gasteiger partial charge in [-0.05, 0) is 42.8 Å². The topological polar surface area (TPSA) is 51.2 Å². The first kappa shape index (κ1) is 13.5. The highest BCUT2D eigenvalue weighted by Crippen LogP contribution is 2.16. The molecule has 0 aliphatic heterocycles. The number of hydrogen-bond acceptors (Lipinski definition) is 3. The van der Waals surface area contributed by atoms with Gasteiger partial charge in [0.2, 0.25) is 0 Å². The van der Waals surface area contributed by atoms with Gasteiger partial charge in [0.15, 0.2) is 6.61 Å². The number of ether oxygens (including phenoxy) is 1. The third-order valence-electron chi connectivity index (χ3n) is 2.45. The fourth-order valence-electron chi connectivity index (χ4n) is 1.46. The van der Waals surface area contributed by atoms with E-state index in [2.05, 4.69) is 26.2 Å². The van der Waals surface area contributed by atoms with E-state index in [0.29, 0.717) is 11.6 Å². The number of benzene rings is 1. The maximum absolute atomic E-state index is 11.7. The van der Waals surface area contributed by atoms with E-state index in [-0.39, 0.29) is 12.5 Å². The normalized spacial score (nSPS) is 10.0. The van der Waals surface area contributed by atoms with Gasteiger partial charge in [-0.2, -0.15) is 0 Å². The minimum Gasteiger partial charge on any atom is -0.484 e. The van der Waals surface area contributed by atoms with Gasteiger partial charge in [-0.1, -0.05) is 22.0 Å². The average Bonchev–Trinajstić information content (AvgIpc) is 2.41. The van der Waals surface area contributed by atoms with Gasteiger partial charge in [0.05, 0.1) is 0 Å². The van der Waals surface area contributed by atoms with Gasteiger partial charge in [-0.25, -0.2) is 4.98 Å². The van der Waals surface area contributed by atoms with Crippen LogP contribution in [0.1, 0.15) is 5.56 Å². The Morgan fingerprint density at radius 3 is 2.74 bits per heavy atom. The molecule has 1 amide bonds. The molecule has 0 saturated carbocycles. The first-order chi connectivity index (χ1) is 9.15.